The Balaban J connectivity index is 1.39. The minimum atomic E-state index is -3.52. The van der Waals surface area contributed by atoms with Crippen LogP contribution in [0, 0.1) is 6.92 Å². The van der Waals surface area contributed by atoms with Crippen LogP contribution in [0.1, 0.15) is 20.8 Å². The van der Waals surface area contributed by atoms with Gasteiger partial charge in [-0.2, -0.15) is 0 Å². The number of anilines is 2. The van der Waals surface area contributed by atoms with Crippen LogP contribution in [-0.4, -0.2) is 20.6 Å². The van der Waals surface area contributed by atoms with Gasteiger partial charge in [-0.1, -0.05) is 71.9 Å². The summed E-state index contributed by atoms with van der Waals surface area (Å²) in [6, 6.07) is 32.9. The average Bonchev–Trinajstić information content (AvgIpc) is 3.33. The molecule has 0 aliphatic carbocycles. The minimum Gasteiger partial charge on any atom is -0.320 e. The summed E-state index contributed by atoms with van der Waals surface area (Å²) in [7, 11) is -3.52. The molecule has 0 atom stereocenters. The zero-order valence-electron chi connectivity index (χ0n) is 20.9. The van der Waals surface area contributed by atoms with Crippen molar-refractivity contribution >= 4 is 60.5 Å². The number of fused-ring (bicyclic) bond motifs is 1. The van der Waals surface area contributed by atoms with Gasteiger partial charge in [0.15, 0.2) is 0 Å². The fourth-order valence-corrected chi connectivity index (χ4v) is 6.76. The molecule has 0 saturated heterocycles. The van der Waals surface area contributed by atoms with E-state index in [1.165, 1.54) is 21.9 Å². The number of aryl methyl sites for hydroxylation is 1. The maximum Gasteiger partial charge on any atom is 0.265 e. The van der Waals surface area contributed by atoms with Gasteiger partial charge in [0.2, 0.25) is 10.0 Å². The quantitative estimate of drug-likeness (QED) is 0.213. The molecule has 1 aromatic heterocycles. The third-order valence-corrected chi connectivity index (χ3v) is 9.30. The lowest BCUT2D eigenvalue weighted by molar-refractivity contribution is 0.103. The molecular formula is C30H26N2O3S3. The van der Waals surface area contributed by atoms with Crippen molar-refractivity contribution in [2.24, 2.45) is 0 Å². The molecule has 1 amide bonds. The predicted octanol–water partition coefficient (Wildman–Crippen LogP) is 7.58. The monoisotopic (exact) mass is 558 g/mol. The first-order chi connectivity index (χ1) is 18.3. The topological polar surface area (TPSA) is 66.5 Å². The maximum atomic E-state index is 13.2. The van der Waals surface area contributed by atoms with Crippen LogP contribution in [0.3, 0.4) is 0 Å². The van der Waals surface area contributed by atoms with Crippen LogP contribution in [0.5, 0.6) is 0 Å². The number of hydrogen-bond donors (Lipinski definition) is 1. The van der Waals surface area contributed by atoms with Crippen LogP contribution in [0.2, 0.25) is 0 Å². The first-order valence-corrected chi connectivity index (χ1v) is 15.4. The largest absolute Gasteiger partial charge is 0.320 e. The molecule has 5 nitrogen and oxygen atoms in total. The summed E-state index contributed by atoms with van der Waals surface area (Å²) < 4.78 is 27.7. The first-order valence-electron chi connectivity index (χ1n) is 12.0. The second kappa shape index (κ2) is 11.0. The summed E-state index contributed by atoms with van der Waals surface area (Å²) in [6.07, 6.45) is 1.21. The van der Waals surface area contributed by atoms with E-state index >= 15 is 0 Å². The predicted molar refractivity (Wildman–Crippen MR) is 159 cm³/mol. The van der Waals surface area contributed by atoms with Crippen LogP contribution in [-0.2, 0) is 16.6 Å². The van der Waals surface area contributed by atoms with E-state index in [4.69, 9.17) is 0 Å². The summed E-state index contributed by atoms with van der Waals surface area (Å²) in [5.74, 6) is -0.200. The van der Waals surface area contributed by atoms with E-state index in [0.717, 1.165) is 36.7 Å². The number of rotatable bonds is 8. The van der Waals surface area contributed by atoms with Gasteiger partial charge in [0, 0.05) is 14.5 Å². The summed E-state index contributed by atoms with van der Waals surface area (Å²) in [6.45, 7) is 2.23. The molecule has 0 saturated carbocycles. The van der Waals surface area contributed by atoms with Crippen molar-refractivity contribution in [3.8, 4) is 0 Å². The molecule has 0 bridgehead atoms. The third-order valence-electron chi connectivity index (χ3n) is 5.97. The van der Waals surface area contributed by atoms with Crippen molar-refractivity contribution in [1.82, 2.24) is 0 Å². The van der Waals surface area contributed by atoms with Crippen LogP contribution in [0.4, 0.5) is 11.4 Å². The van der Waals surface area contributed by atoms with Gasteiger partial charge in [-0.3, -0.25) is 9.10 Å². The van der Waals surface area contributed by atoms with Crippen molar-refractivity contribution in [2.45, 2.75) is 23.3 Å². The molecule has 0 unspecified atom stereocenters. The fraction of sp³-hybridized carbons (Fsp3) is 0.100. The van der Waals surface area contributed by atoms with E-state index in [2.05, 4.69) is 5.32 Å². The number of hydrogen-bond acceptors (Lipinski definition) is 5. The highest BCUT2D eigenvalue weighted by molar-refractivity contribution is 7.99. The second-order valence-corrected chi connectivity index (χ2v) is 13.1. The highest BCUT2D eigenvalue weighted by Gasteiger charge is 2.20. The molecule has 5 rings (SSSR count). The summed E-state index contributed by atoms with van der Waals surface area (Å²) in [5, 5.41) is 3.87. The molecule has 0 aliphatic heterocycles. The van der Waals surface area contributed by atoms with Crippen molar-refractivity contribution in [3.63, 3.8) is 0 Å². The molecule has 38 heavy (non-hydrogen) atoms. The molecule has 4 aromatic carbocycles. The minimum absolute atomic E-state index is 0.200. The van der Waals surface area contributed by atoms with Gasteiger partial charge in [0.25, 0.3) is 5.91 Å². The van der Waals surface area contributed by atoms with E-state index < -0.39 is 10.0 Å². The lowest BCUT2D eigenvalue weighted by Gasteiger charge is -2.22. The molecule has 1 N–H and O–H groups in total. The Hall–Kier alpha value is -3.59. The Morgan fingerprint density at radius 3 is 2.34 bits per heavy atom. The number of thiophene rings is 1. The average molecular weight is 559 g/mol. The Morgan fingerprint density at radius 1 is 0.895 bits per heavy atom. The smallest absolute Gasteiger partial charge is 0.265 e. The van der Waals surface area contributed by atoms with Gasteiger partial charge in [0.1, 0.15) is 0 Å². The number of para-hydroxylation sites is 1. The van der Waals surface area contributed by atoms with E-state index in [-0.39, 0.29) is 12.5 Å². The van der Waals surface area contributed by atoms with Gasteiger partial charge in [-0.05, 0) is 66.4 Å². The van der Waals surface area contributed by atoms with Gasteiger partial charge < -0.3 is 5.32 Å². The van der Waals surface area contributed by atoms with E-state index in [9.17, 15) is 13.2 Å². The normalized spacial score (nSPS) is 11.4. The Kier molecular flexibility index (Phi) is 7.56. The maximum absolute atomic E-state index is 13.2. The van der Waals surface area contributed by atoms with Gasteiger partial charge >= 0.3 is 0 Å². The molecule has 0 spiro atoms. The Morgan fingerprint density at radius 2 is 1.61 bits per heavy atom. The number of nitrogens with one attached hydrogen (secondary N) is 1. The number of benzene rings is 4. The molecular weight excluding hydrogens is 533 g/mol. The molecule has 8 heteroatoms. The van der Waals surface area contributed by atoms with E-state index in [1.807, 2.05) is 104 Å². The van der Waals surface area contributed by atoms with Gasteiger partial charge in [-0.25, -0.2) is 8.42 Å². The van der Waals surface area contributed by atoms with Gasteiger partial charge in [0.05, 0.1) is 29.1 Å². The number of amides is 1. The van der Waals surface area contributed by atoms with Crippen LogP contribution in [0.25, 0.3) is 10.1 Å². The second-order valence-electron chi connectivity index (χ2n) is 8.95. The zero-order chi connectivity index (χ0) is 26.7. The molecule has 0 aliphatic rings. The summed E-state index contributed by atoms with van der Waals surface area (Å²) in [4.78, 5) is 15.8. The van der Waals surface area contributed by atoms with Crippen molar-refractivity contribution in [3.05, 3.63) is 119 Å². The number of carbonyl (C=O) groups is 1. The molecule has 5 aromatic rings. The number of sulfonamides is 1. The molecule has 0 fully saturated rings. The van der Waals surface area contributed by atoms with Crippen molar-refractivity contribution in [2.75, 3.05) is 15.9 Å². The summed E-state index contributed by atoms with van der Waals surface area (Å²) in [5.41, 5.74) is 3.32. The van der Waals surface area contributed by atoms with Crippen LogP contribution >= 0.6 is 23.1 Å². The Labute approximate surface area is 231 Å². The number of nitrogens with zero attached hydrogens (tertiary/aromatic N) is 1. The Bertz CT molecular complexity index is 1700. The van der Waals surface area contributed by atoms with E-state index in [0.29, 0.717) is 10.6 Å². The SMILES string of the molecule is Cc1ccc(CN(c2ccc3sc(C(=O)Nc4ccccc4Sc4ccccc4)cc3c2)S(C)(=O)=O)cc1. The molecule has 1 heterocycles. The first kappa shape index (κ1) is 26.0. The van der Waals surface area contributed by atoms with Crippen molar-refractivity contribution < 1.29 is 13.2 Å². The molecule has 0 radical (unpaired) electrons. The highest BCUT2D eigenvalue weighted by Crippen LogP contribution is 2.35. The standard InChI is InChI=1S/C30H26N2O3S3/c1-21-12-14-22(15-13-21)20-32(38(2,34)35)24-16-17-27-23(18-24)19-29(37-27)30(33)31-26-10-6-7-11-28(26)36-25-8-4-3-5-9-25/h3-19H,20H2,1-2H3,(H,31,33). The highest BCUT2D eigenvalue weighted by atomic mass is 32.2. The fourth-order valence-electron chi connectivity index (χ4n) is 4.02. The lowest BCUT2D eigenvalue weighted by atomic mass is 10.1. The third kappa shape index (κ3) is 6.10. The number of carbonyl (C=O) groups excluding carboxylic acids is 1. The van der Waals surface area contributed by atoms with Crippen LogP contribution in [0.15, 0.2) is 113 Å². The van der Waals surface area contributed by atoms with Crippen LogP contribution < -0.4 is 9.62 Å². The van der Waals surface area contributed by atoms with Crippen molar-refractivity contribution in [1.29, 1.82) is 0 Å². The van der Waals surface area contributed by atoms with Gasteiger partial charge in [-0.15, -0.1) is 11.3 Å². The zero-order valence-corrected chi connectivity index (χ0v) is 23.4. The van der Waals surface area contributed by atoms with E-state index in [1.54, 1.807) is 17.8 Å². The molecule has 192 valence electrons. The summed E-state index contributed by atoms with van der Waals surface area (Å²) >= 11 is 2.97. The lowest BCUT2D eigenvalue weighted by Crippen LogP contribution is -2.29.